The zero-order valence-electron chi connectivity index (χ0n) is 11.8. The van der Waals surface area contributed by atoms with Crippen molar-refractivity contribution >= 4 is 23.5 Å². The number of aromatic hydroxyl groups is 1. The van der Waals surface area contributed by atoms with Crippen LogP contribution >= 0.6 is 23.5 Å². The quantitative estimate of drug-likeness (QED) is 0.927. The standard InChI is InChI=1S/C16H23NOS2/c18-16-3-1-13(2-4-16)9-14-5-6-17(10-14)15-11-19-7-8-20-12-15/h1-4,14-15,18H,5-12H2. The van der Waals surface area contributed by atoms with E-state index in [0.29, 0.717) is 5.75 Å². The summed E-state index contributed by atoms with van der Waals surface area (Å²) in [4.78, 5) is 2.72. The maximum Gasteiger partial charge on any atom is 0.115 e. The zero-order valence-corrected chi connectivity index (χ0v) is 13.5. The first-order valence-corrected chi connectivity index (χ1v) is 9.79. The molecule has 1 N–H and O–H groups in total. The first kappa shape index (κ1) is 14.6. The molecule has 1 atom stereocenters. The van der Waals surface area contributed by atoms with E-state index in [1.807, 2.05) is 0 Å². The minimum atomic E-state index is 0.370. The lowest BCUT2D eigenvalue weighted by Crippen LogP contribution is -2.37. The molecule has 0 saturated carbocycles. The molecule has 0 amide bonds. The van der Waals surface area contributed by atoms with E-state index in [0.717, 1.165) is 18.4 Å². The van der Waals surface area contributed by atoms with E-state index in [-0.39, 0.29) is 0 Å². The Morgan fingerprint density at radius 1 is 1.10 bits per heavy atom. The first-order chi connectivity index (χ1) is 9.81. The minimum absolute atomic E-state index is 0.370. The van der Waals surface area contributed by atoms with Crippen molar-refractivity contribution < 1.29 is 5.11 Å². The van der Waals surface area contributed by atoms with E-state index < -0.39 is 0 Å². The monoisotopic (exact) mass is 309 g/mol. The number of phenolic OH excluding ortho intramolecular Hbond substituents is 1. The lowest BCUT2D eigenvalue weighted by atomic mass is 9.99. The molecule has 1 aromatic carbocycles. The van der Waals surface area contributed by atoms with Crippen LogP contribution in [0.4, 0.5) is 0 Å². The van der Waals surface area contributed by atoms with E-state index in [1.165, 1.54) is 48.1 Å². The van der Waals surface area contributed by atoms with Gasteiger partial charge in [-0.05, 0) is 43.0 Å². The van der Waals surface area contributed by atoms with Gasteiger partial charge < -0.3 is 5.11 Å². The Kier molecular flexibility index (Phi) is 5.19. The van der Waals surface area contributed by atoms with Crippen molar-refractivity contribution in [1.29, 1.82) is 0 Å². The van der Waals surface area contributed by atoms with Gasteiger partial charge in [0, 0.05) is 35.6 Å². The van der Waals surface area contributed by atoms with Crippen molar-refractivity contribution in [3.63, 3.8) is 0 Å². The van der Waals surface area contributed by atoms with Crippen LogP contribution in [0.25, 0.3) is 0 Å². The van der Waals surface area contributed by atoms with Crippen LogP contribution in [0.15, 0.2) is 24.3 Å². The molecule has 2 heterocycles. The molecule has 4 heteroatoms. The Morgan fingerprint density at radius 2 is 1.80 bits per heavy atom. The molecule has 1 unspecified atom stereocenters. The van der Waals surface area contributed by atoms with Crippen LogP contribution in [-0.4, -0.2) is 52.1 Å². The molecule has 110 valence electrons. The number of nitrogens with zero attached hydrogens (tertiary/aromatic N) is 1. The Labute approximate surface area is 130 Å². The normalized spacial score (nSPS) is 25.7. The summed E-state index contributed by atoms with van der Waals surface area (Å²) in [6.07, 6.45) is 2.48. The van der Waals surface area contributed by atoms with Crippen molar-refractivity contribution in [2.75, 3.05) is 36.1 Å². The molecule has 2 aliphatic heterocycles. The molecule has 2 aliphatic rings. The molecular formula is C16H23NOS2. The molecule has 0 radical (unpaired) electrons. The number of benzene rings is 1. The highest BCUT2D eigenvalue weighted by atomic mass is 32.2. The second kappa shape index (κ2) is 7.10. The molecule has 2 fully saturated rings. The number of thioether (sulfide) groups is 2. The second-order valence-corrected chi connectivity index (χ2v) is 8.12. The van der Waals surface area contributed by atoms with Crippen LogP contribution in [-0.2, 0) is 6.42 Å². The summed E-state index contributed by atoms with van der Waals surface area (Å²) in [5.74, 6) is 6.45. The van der Waals surface area contributed by atoms with Crippen molar-refractivity contribution in [3.05, 3.63) is 29.8 Å². The predicted octanol–water partition coefficient (Wildman–Crippen LogP) is 3.11. The summed E-state index contributed by atoms with van der Waals surface area (Å²) in [5.41, 5.74) is 1.36. The highest BCUT2D eigenvalue weighted by Gasteiger charge is 2.28. The van der Waals surface area contributed by atoms with Gasteiger partial charge in [0.2, 0.25) is 0 Å². The number of hydrogen-bond donors (Lipinski definition) is 1. The Morgan fingerprint density at radius 3 is 2.50 bits per heavy atom. The Hall–Kier alpha value is -0.320. The van der Waals surface area contributed by atoms with Gasteiger partial charge >= 0.3 is 0 Å². The molecule has 0 aliphatic carbocycles. The maximum absolute atomic E-state index is 9.34. The SMILES string of the molecule is Oc1ccc(CC2CCN(C3CSCCSC3)C2)cc1. The van der Waals surface area contributed by atoms with Crippen molar-refractivity contribution in [3.8, 4) is 5.75 Å². The number of phenols is 1. The molecule has 3 rings (SSSR count). The highest BCUT2D eigenvalue weighted by Crippen LogP contribution is 2.27. The van der Waals surface area contributed by atoms with E-state index in [9.17, 15) is 5.11 Å². The van der Waals surface area contributed by atoms with Crippen LogP contribution in [0.5, 0.6) is 5.75 Å². The Bertz CT molecular complexity index is 415. The third kappa shape index (κ3) is 3.86. The highest BCUT2D eigenvalue weighted by molar-refractivity contribution is 8.03. The summed E-state index contributed by atoms with van der Waals surface area (Å²) in [6, 6.07) is 8.53. The third-order valence-electron chi connectivity index (χ3n) is 4.29. The lowest BCUT2D eigenvalue weighted by Gasteiger charge is -2.26. The van der Waals surface area contributed by atoms with Crippen LogP contribution in [0.3, 0.4) is 0 Å². The topological polar surface area (TPSA) is 23.5 Å². The molecular weight excluding hydrogens is 286 g/mol. The van der Waals surface area contributed by atoms with Gasteiger partial charge in [-0.3, -0.25) is 4.90 Å². The number of rotatable bonds is 3. The van der Waals surface area contributed by atoms with Crippen molar-refractivity contribution in [2.24, 2.45) is 5.92 Å². The van der Waals surface area contributed by atoms with E-state index in [2.05, 4.69) is 40.6 Å². The van der Waals surface area contributed by atoms with E-state index in [4.69, 9.17) is 0 Å². The molecule has 0 bridgehead atoms. The summed E-state index contributed by atoms with van der Waals surface area (Å²) >= 11 is 4.25. The first-order valence-electron chi connectivity index (χ1n) is 7.49. The van der Waals surface area contributed by atoms with Crippen LogP contribution in [0.1, 0.15) is 12.0 Å². The minimum Gasteiger partial charge on any atom is -0.508 e. The van der Waals surface area contributed by atoms with E-state index in [1.54, 1.807) is 12.1 Å². The van der Waals surface area contributed by atoms with E-state index >= 15 is 0 Å². The summed E-state index contributed by atoms with van der Waals surface area (Å²) in [5, 5.41) is 9.34. The van der Waals surface area contributed by atoms with Gasteiger partial charge in [-0.15, -0.1) is 0 Å². The van der Waals surface area contributed by atoms with Gasteiger partial charge in [0.15, 0.2) is 0 Å². The van der Waals surface area contributed by atoms with Crippen LogP contribution in [0.2, 0.25) is 0 Å². The molecule has 0 spiro atoms. The van der Waals surface area contributed by atoms with Gasteiger partial charge in [-0.1, -0.05) is 12.1 Å². The van der Waals surface area contributed by atoms with Gasteiger partial charge in [-0.25, -0.2) is 0 Å². The fourth-order valence-electron chi connectivity index (χ4n) is 3.14. The molecule has 2 saturated heterocycles. The zero-order chi connectivity index (χ0) is 13.8. The molecule has 2 nitrogen and oxygen atoms in total. The van der Waals surface area contributed by atoms with Crippen molar-refractivity contribution in [2.45, 2.75) is 18.9 Å². The predicted molar refractivity (Wildman–Crippen MR) is 89.9 cm³/mol. The molecule has 0 aromatic heterocycles. The second-order valence-electron chi connectivity index (χ2n) is 5.82. The average Bonchev–Trinajstić information content (AvgIpc) is 2.74. The Balaban J connectivity index is 1.52. The number of likely N-dealkylation sites (tertiary alicyclic amines) is 1. The molecule has 20 heavy (non-hydrogen) atoms. The number of hydrogen-bond acceptors (Lipinski definition) is 4. The van der Waals surface area contributed by atoms with Gasteiger partial charge in [0.25, 0.3) is 0 Å². The van der Waals surface area contributed by atoms with Gasteiger partial charge in [0.1, 0.15) is 5.75 Å². The smallest absolute Gasteiger partial charge is 0.115 e. The maximum atomic E-state index is 9.34. The summed E-state index contributed by atoms with van der Waals surface area (Å²) < 4.78 is 0. The summed E-state index contributed by atoms with van der Waals surface area (Å²) in [6.45, 7) is 2.53. The molecule has 1 aromatic rings. The van der Waals surface area contributed by atoms with Gasteiger partial charge in [-0.2, -0.15) is 23.5 Å². The van der Waals surface area contributed by atoms with Crippen molar-refractivity contribution in [1.82, 2.24) is 4.90 Å². The fourth-order valence-corrected chi connectivity index (χ4v) is 5.77. The summed E-state index contributed by atoms with van der Waals surface area (Å²) in [7, 11) is 0. The fraction of sp³-hybridized carbons (Fsp3) is 0.625. The van der Waals surface area contributed by atoms with Crippen LogP contribution < -0.4 is 0 Å². The largest absolute Gasteiger partial charge is 0.508 e. The lowest BCUT2D eigenvalue weighted by molar-refractivity contribution is 0.272. The average molecular weight is 310 g/mol. The third-order valence-corrected chi connectivity index (χ3v) is 6.77. The van der Waals surface area contributed by atoms with Crippen LogP contribution in [0, 0.1) is 5.92 Å². The van der Waals surface area contributed by atoms with Gasteiger partial charge in [0.05, 0.1) is 0 Å².